The lowest BCUT2D eigenvalue weighted by atomic mass is 9.79. The van der Waals surface area contributed by atoms with E-state index in [1.54, 1.807) is 0 Å². The van der Waals surface area contributed by atoms with Gasteiger partial charge in [0.2, 0.25) is 0 Å². The largest absolute Gasteiger partial charge is 0.494 e. The van der Waals surface area contributed by atoms with Crippen LogP contribution in [0.2, 0.25) is 0 Å². The van der Waals surface area contributed by atoms with Gasteiger partial charge in [0.05, 0.1) is 24.2 Å². The maximum absolute atomic E-state index is 11.9. The van der Waals surface area contributed by atoms with Crippen molar-refractivity contribution in [2.45, 2.75) is 51.7 Å². The van der Waals surface area contributed by atoms with E-state index in [0.717, 1.165) is 24.0 Å². The second kappa shape index (κ2) is 7.89. The highest BCUT2D eigenvalue weighted by Gasteiger charge is 2.51. The first-order valence-corrected chi connectivity index (χ1v) is 8.85. The third kappa shape index (κ3) is 5.30. The molecule has 5 nitrogen and oxygen atoms in total. The van der Waals surface area contributed by atoms with Crippen LogP contribution in [0, 0.1) is 0 Å². The number of carbonyl (C=O) groups excluding carboxylic acids is 1. The van der Waals surface area contributed by atoms with E-state index >= 15 is 0 Å². The SMILES string of the molecule is CN(C)CCCOC(=O)Cc1ccc(B2OC(C)(C)C(C)(C)O2)cc1. The Morgan fingerprint density at radius 2 is 1.64 bits per heavy atom. The Hall–Kier alpha value is -1.37. The Labute approximate surface area is 151 Å². The fraction of sp³-hybridized carbons (Fsp3) is 0.632. The Bertz CT molecular complexity index is 568. The summed E-state index contributed by atoms with van der Waals surface area (Å²) in [5, 5.41) is 0. The summed E-state index contributed by atoms with van der Waals surface area (Å²) in [4.78, 5) is 14.0. The molecule has 0 atom stereocenters. The van der Waals surface area contributed by atoms with E-state index in [0.29, 0.717) is 6.61 Å². The van der Waals surface area contributed by atoms with Crippen molar-refractivity contribution in [3.63, 3.8) is 0 Å². The molecule has 1 fully saturated rings. The summed E-state index contributed by atoms with van der Waals surface area (Å²) in [6.07, 6.45) is 1.13. The number of rotatable bonds is 7. The maximum Gasteiger partial charge on any atom is 0.494 e. The second-order valence-electron chi connectivity index (χ2n) is 7.88. The van der Waals surface area contributed by atoms with Gasteiger partial charge in [0.25, 0.3) is 0 Å². The summed E-state index contributed by atoms with van der Waals surface area (Å²) in [6.45, 7) is 9.52. The summed E-state index contributed by atoms with van der Waals surface area (Å²) in [5.74, 6) is -0.192. The van der Waals surface area contributed by atoms with Crippen molar-refractivity contribution in [2.24, 2.45) is 0 Å². The first kappa shape index (κ1) is 20.0. The number of hydrogen-bond acceptors (Lipinski definition) is 5. The van der Waals surface area contributed by atoms with Crippen molar-refractivity contribution in [2.75, 3.05) is 27.2 Å². The quantitative estimate of drug-likeness (QED) is 0.429. The predicted octanol–water partition coefficient (Wildman–Crippen LogP) is 2.02. The van der Waals surface area contributed by atoms with E-state index in [4.69, 9.17) is 14.0 Å². The lowest BCUT2D eigenvalue weighted by Gasteiger charge is -2.32. The van der Waals surface area contributed by atoms with E-state index in [9.17, 15) is 4.79 Å². The van der Waals surface area contributed by atoms with E-state index < -0.39 is 0 Å². The minimum absolute atomic E-state index is 0.192. The van der Waals surface area contributed by atoms with Gasteiger partial charge in [-0.15, -0.1) is 0 Å². The average Bonchev–Trinajstić information content (AvgIpc) is 2.72. The van der Waals surface area contributed by atoms with Crippen LogP contribution >= 0.6 is 0 Å². The van der Waals surface area contributed by atoms with Crippen LogP contribution < -0.4 is 5.46 Å². The number of carbonyl (C=O) groups is 1. The van der Waals surface area contributed by atoms with Crippen molar-refractivity contribution in [3.05, 3.63) is 29.8 Å². The average molecular weight is 347 g/mol. The molecule has 1 saturated heterocycles. The molecule has 1 aromatic carbocycles. The number of hydrogen-bond donors (Lipinski definition) is 0. The van der Waals surface area contributed by atoms with Gasteiger partial charge in [0.1, 0.15) is 0 Å². The van der Waals surface area contributed by atoms with Gasteiger partial charge in [0.15, 0.2) is 0 Å². The minimum atomic E-state index is -0.378. The highest BCUT2D eigenvalue weighted by molar-refractivity contribution is 6.62. The molecule has 0 aliphatic carbocycles. The highest BCUT2D eigenvalue weighted by Crippen LogP contribution is 2.36. The van der Waals surface area contributed by atoms with Crippen molar-refractivity contribution >= 4 is 18.6 Å². The van der Waals surface area contributed by atoms with Crippen molar-refractivity contribution < 1.29 is 18.8 Å². The molecule has 6 heteroatoms. The maximum atomic E-state index is 11.9. The van der Waals surface area contributed by atoms with Gasteiger partial charge in [-0.3, -0.25) is 4.79 Å². The predicted molar refractivity (Wildman–Crippen MR) is 100.0 cm³/mol. The van der Waals surface area contributed by atoms with Crippen LogP contribution in [0.25, 0.3) is 0 Å². The molecule has 0 N–H and O–H groups in total. The number of esters is 1. The fourth-order valence-corrected chi connectivity index (χ4v) is 2.56. The molecule has 0 aromatic heterocycles. The first-order chi connectivity index (χ1) is 11.6. The molecular formula is C19H30BNO4. The highest BCUT2D eigenvalue weighted by atomic mass is 16.7. The summed E-state index contributed by atoms with van der Waals surface area (Å²) >= 11 is 0. The molecule has 138 valence electrons. The van der Waals surface area contributed by atoms with E-state index in [-0.39, 0.29) is 30.7 Å². The molecule has 0 spiro atoms. The summed E-state index contributed by atoms with van der Waals surface area (Å²) in [6, 6.07) is 7.77. The zero-order valence-electron chi connectivity index (χ0n) is 16.3. The van der Waals surface area contributed by atoms with Gasteiger partial charge in [-0.2, -0.15) is 0 Å². The lowest BCUT2D eigenvalue weighted by molar-refractivity contribution is -0.143. The minimum Gasteiger partial charge on any atom is -0.465 e. The van der Waals surface area contributed by atoms with Gasteiger partial charge in [-0.05, 0) is 59.2 Å². The van der Waals surface area contributed by atoms with Crippen LogP contribution in [-0.4, -0.2) is 56.4 Å². The third-order valence-corrected chi connectivity index (χ3v) is 4.87. The zero-order valence-corrected chi connectivity index (χ0v) is 16.3. The molecule has 0 radical (unpaired) electrons. The van der Waals surface area contributed by atoms with Crippen LogP contribution in [0.1, 0.15) is 39.7 Å². The molecular weight excluding hydrogens is 317 g/mol. The van der Waals surface area contributed by atoms with Crippen LogP contribution in [0.3, 0.4) is 0 Å². The standard InChI is InChI=1S/C19H30BNO4/c1-18(2)19(3,4)25-20(24-18)16-10-8-15(9-11-16)14-17(22)23-13-7-12-21(5)6/h8-11H,7,12-14H2,1-6H3. The van der Waals surface area contributed by atoms with Gasteiger partial charge in [-0.25, -0.2) is 0 Å². The topological polar surface area (TPSA) is 48.0 Å². The van der Waals surface area contributed by atoms with E-state index in [2.05, 4.69) is 4.90 Å². The van der Waals surface area contributed by atoms with E-state index in [1.165, 1.54) is 0 Å². The molecule has 2 rings (SSSR count). The third-order valence-electron chi connectivity index (χ3n) is 4.87. The van der Waals surface area contributed by atoms with Gasteiger partial charge in [-0.1, -0.05) is 24.3 Å². The second-order valence-corrected chi connectivity index (χ2v) is 7.88. The lowest BCUT2D eigenvalue weighted by Crippen LogP contribution is -2.41. The normalized spacial score (nSPS) is 18.6. The number of nitrogens with zero attached hydrogens (tertiary/aromatic N) is 1. The molecule has 0 amide bonds. The Kier molecular flexibility index (Phi) is 6.30. The number of ether oxygens (including phenoxy) is 1. The smallest absolute Gasteiger partial charge is 0.465 e. The van der Waals surface area contributed by atoms with E-state index in [1.807, 2.05) is 66.1 Å². The first-order valence-electron chi connectivity index (χ1n) is 8.85. The summed E-state index contributed by atoms with van der Waals surface area (Å²) in [5.41, 5.74) is 1.18. The van der Waals surface area contributed by atoms with Crippen LogP contribution in [0.15, 0.2) is 24.3 Å². The van der Waals surface area contributed by atoms with Gasteiger partial charge in [0, 0.05) is 6.54 Å². The van der Waals surface area contributed by atoms with Gasteiger partial charge >= 0.3 is 13.1 Å². The van der Waals surface area contributed by atoms with Crippen LogP contribution in [-0.2, 0) is 25.3 Å². The Balaban J connectivity index is 1.85. The monoisotopic (exact) mass is 347 g/mol. The van der Waals surface area contributed by atoms with Crippen LogP contribution in [0.5, 0.6) is 0 Å². The van der Waals surface area contributed by atoms with Crippen molar-refractivity contribution in [3.8, 4) is 0 Å². The van der Waals surface area contributed by atoms with Gasteiger partial charge < -0.3 is 18.9 Å². The fourth-order valence-electron chi connectivity index (χ4n) is 2.56. The molecule has 1 aliphatic rings. The zero-order chi connectivity index (χ0) is 18.7. The number of benzene rings is 1. The molecule has 1 aliphatic heterocycles. The Morgan fingerprint density at radius 3 is 2.16 bits per heavy atom. The molecule has 0 bridgehead atoms. The molecule has 0 saturated carbocycles. The summed E-state index contributed by atoms with van der Waals surface area (Å²) in [7, 11) is 3.63. The Morgan fingerprint density at radius 1 is 1.08 bits per heavy atom. The summed E-state index contributed by atoms with van der Waals surface area (Å²) < 4.78 is 17.3. The van der Waals surface area contributed by atoms with Crippen molar-refractivity contribution in [1.82, 2.24) is 4.90 Å². The molecule has 1 aromatic rings. The molecule has 0 unspecified atom stereocenters. The van der Waals surface area contributed by atoms with Crippen molar-refractivity contribution in [1.29, 1.82) is 0 Å². The molecule has 1 heterocycles. The van der Waals surface area contributed by atoms with Crippen LogP contribution in [0.4, 0.5) is 0 Å². The molecule has 25 heavy (non-hydrogen) atoms.